The van der Waals surface area contributed by atoms with Crippen LogP contribution in [0.3, 0.4) is 0 Å². The molecular weight excluding hydrogens is 208 g/mol. The first-order valence-electron chi connectivity index (χ1n) is 6.60. The quantitative estimate of drug-likeness (QED) is 0.843. The number of hydrogen-bond donors (Lipinski definition) is 1. The minimum absolute atomic E-state index is 0.624. The summed E-state index contributed by atoms with van der Waals surface area (Å²) >= 11 is 0. The molecule has 2 rings (SSSR count). The standard InChI is InChI=1S/C15H24N2/c1-11-5-6-12(2)15(7-11)10-17-13(3)8-16-9-14(17)4/h5-7,13-14,16H,8-10H2,1-4H3. The Kier molecular flexibility index (Phi) is 3.85. The van der Waals surface area contributed by atoms with E-state index < -0.39 is 0 Å². The summed E-state index contributed by atoms with van der Waals surface area (Å²) in [6, 6.07) is 8.01. The van der Waals surface area contributed by atoms with Crippen LogP contribution in [-0.4, -0.2) is 30.1 Å². The fraction of sp³-hybridized carbons (Fsp3) is 0.600. The Morgan fingerprint density at radius 1 is 1.18 bits per heavy atom. The molecule has 2 unspecified atom stereocenters. The molecule has 1 aromatic carbocycles. The smallest absolute Gasteiger partial charge is 0.0243 e. The highest BCUT2D eigenvalue weighted by Crippen LogP contribution is 2.18. The van der Waals surface area contributed by atoms with Crippen molar-refractivity contribution in [3.05, 3.63) is 34.9 Å². The molecule has 0 aromatic heterocycles. The molecule has 2 atom stereocenters. The normalized spacial score (nSPS) is 26.1. The van der Waals surface area contributed by atoms with Crippen molar-refractivity contribution in [2.45, 2.75) is 46.3 Å². The Hall–Kier alpha value is -0.860. The van der Waals surface area contributed by atoms with Gasteiger partial charge in [-0.05, 0) is 38.8 Å². The van der Waals surface area contributed by atoms with E-state index in [1.165, 1.54) is 16.7 Å². The number of hydrogen-bond acceptors (Lipinski definition) is 2. The predicted molar refractivity (Wildman–Crippen MR) is 73.3 cm³/mol. The molecule has 0 aliphatic carbocycles. The molecule has 1 aliphatic heterocycles. The van der Waals surface area contributed by atoms with Gasteiger partial charge in [0.05, 0.1) is 0 Å². The van der Waals surface area contributed by atoms with Gasteiger partial charge < -0.3 is 5.32 Å². The third kappa shape index (κ3) is 2.88. The lowest BCUT2D eigenvalue weighted by Gasteiger charge is -2.39. The van der Waals surface area contributed by atoms with Crippen molar-refractivity contribution in [2.24, 2.45) is 0 Å². The summed E-state index contributed by atoms with van der Waals surface area (Å²) in [5.41, 5.74) is 4.25. The van der Waals surface area contributed by atoms with E-state index in [2.05, 4.69) is 56.1 Å². The van der Waals surface area contributed by atoms with Gasteiger partial charge in [-0.2, -0.15) is 0 Å². The molecule has 1 aromatic rings. The number of benzene rings is 1. The number of rotatable bonds is 2. The molecule has 94 valence electrons. The molecule has 2 nitrogen and oxygen atoms in total. The molecule has 0 bridgehead atoms. The van der Waals surface area contributed by atoms with Crippen molar-refractivity contribution in [3.8, 4) is 0 Å². The molecule has 1 fully saturated rings. The fourth-order valence-electron chi connectivity index (χ4n) is 2.65. The Balaban J connectivity index is 2.16. The van der Waals surface area contributed by atoms with E-state index in [9.17, 15) is 0 Å². The van der Waals surface area contributed by atoms with Gasteiger partial charge in [-0.15, -0.1) is 0 Å². The van der Waals surface area contributed by atoms with E-state index in [0.29, 0.717) is 12.1 Å². The maximum Gasteiger partial charge on any atom is 0.0243 e. The zero-order valence-electron chi connectivity index (χ0n) is 11.5. The first-order valence-corrected chi connectivity index (χ1v) is 6.60. The van der Waals surface area contributed by atoms with Gasteiger partial charge in [0.15, 0.2) is 0 Å². The van der Waals surface area contributed by atoms with Gasteiger partial charge in [0.25, 0.3) is 0 Å². The molecule has 17 heavy (non-hydrogen) atoms. The van der Waals surface area contributed by atoms with Crippen LogP contribution in [0.2, 0.25) is 0 Å². The molecule has 0 saturated carbocycles. The van der Waals surface area contributed by atoms with Crippen LogP contribution in [0.15, 0.2) is 18.2 Å². The monoisotopic (exact) mass is 232 g/mol. The summed E-state index contributed by atoms with van der Waals surface area (Å²) in [6.07, 6.45) is 0. The minimum Gasteiger partial charge on any atom is -0.314 e. The summed E-state index contributed by atoms with van der Waals surface area (Å²) in [5.74, 6) is 0. The van der Waals surface area contributed by atoms with E-state index in [-0.39, 0.29) is 0 Å². The SMILES string of the molecule is Cc1ccc(C)c(CN2C(C)CNCC2C)c1. The average Bonchev–Trinajstić information content (AvgIpc) is 2.28. The second-order valence-corrected chi connectivity index (χ2v) is 5.46. The molecule has 2 heteroatoms. The van der Waals surface area contributed by atoms with Crippen LogP contribution in [0, 0.1) is 13.8 Å². The van der Waals surface area contributed by atoms with Crippen LogP contribution in [-0.2, 0) is 6.54 Å². The van der Waals surface area contributed by atoms with Crippen molar-refractivity contribution < 1.29 is 0 Å². The van der Waals surface area contributed by atoms with E-state index in [1.54, 1.807) is 0 Å². The highest BCUT2D eigenvalue weighted by molar-refractivity contribution is 5.30. The molecule has 0 radical (unpaired) electrons. The lowest BCUT2D eigenvalue weighted by atomic mass is 10.0. The molecular formula is C15H24N2. The largest absolute Gasteiger partial charge is 0.314 e. The van der Waals surface area contributed by atoms with Crippen LogP contribution in [0.5, 0.6) is 0 Å². The minimum atomic E-state index is 0.624. The van der Waals surface area contributed by atoms with E-state index in [4.69, 9.17) is 0 Å². The van der Waals surface area contributed by atoms with Gasteiger partial charge in [0.2, 0.25) is 0 Å². The third-order valence-electron chi connectivity index (χ3n) is 3.87. The average molecular weight is 232 g/mol. The van der Waals surface area contributed by atoms with Crippen molar-refractivity contribution in [1.29, 1.82) is 0 Å². The highest BCUT2D eigenvalue weighted by atomic mass is 15.2. The summed E-state index contributed by atoms with van der Waals surface area (Å²) in [7, 11) is 0. The van der Waals surface area contributed by atoms with Crippen molar-refractivity contribution in [3.63, 3.8) is 0 Å². The molecule has 1 N–H and O–H groups in total. The van der Waals surface area contributed by atoms with Crippen LogP contribution >= 0.6 is 0 Å². The van der Waals surface area contributed by atoms with E-state index in [1.807, 2.05) is 0 Å². The van der Waals surface area contributed by atoms with E-state index >= 15 is 0 Å². The van der Waals surface area contributed by atoms with Crippen LogP contribution < -0.4 is 5.32 Å². The van der Waals surface area contributed by atoms with Gasteiger partial charge in [0.1, 0.15) is 0 Å². The lowest BCUT2D eigenvalue weighted by molar-refractivity contribution is 0.108. The zero-order valence-corrected chi connectivity index (χ0v) is 11.5. The van der Waals surface area contributed by atoms with Gasteiger partial charge in [-0.25, -0.2) is 0 Å². The molecule has 0 amide bonds. The highest BCUT2D eigenvalue weighted by Gasteiger charge is 2.24. The Morgan fingerprint density at radius 2 is 1.82 bits per heavy atom. The lowest BCUT2D eigenvalue weighted by Crippen LogP contribution is -2.54. The van der Waals surface area contributed by atoms with E-state index in [0.717, 1.165) is 19.6 Å². The van der Waals surface area contributed by atoms with Gasteiger partial charge in [0, 0.05) is 31.7 Å². The summed E-state index contributed by atoms with van der Waals surface area (Å²) in [4.78, 5) is 2.61. The zero-order chi connectivity index (χ0) is 12.4. The second kappa shape index (κ2) is 5.19. The Morgan fingerprint density at radius 3 is 2.47 bits per heavy atom. The van der Waals surface area contributed by atoms with Crippen LogP contribution in [0.25, 0.3) is 0 Å². The maximum atomic E-state index is 3.48. The molecule has 0 spiro atoms. The van der Waals surface area contributed by atoms with Gasteiger partial charge in [-0.1, -0.05) is 23.8 Å². The Bertz CT molecular complexity index is 377. The first-order chi connectivity index (χ1) is 8.08. The van der Waals surface area contributed by atoms with Crippen molar-refractivity contribution in [2.75, 3.05) is 13.1 Å². The fourth-order valence-corrected chi connectivity index (χ4v) is 2.65. The Labute approximate surface area is 105 Å². The molecule has 1 aliphatic rings. The number of piperazine rings is 1. The third-order valence-corrected chi connectivity index (χ3v) is 3.87. The summed E-state index contributed by atoms with van der Waals surface area (Å²) < 4.78 is 0. The molecule has 1 heterocycles. The first kappa shape index (κ1) is 12.6. The molecule has 1 saturated heterocycles. The topological polar surface area (TPSA) is 15.3 Å². The summed E-state index contributed by atoms with van der Waals surface area (Å²) in [5, 5.41) is 3.48. The van der Waals surface area contributed by atoms with Gasteiger partial charge >= 0.3 is 0 Å². The van der Waals surface area contributed by atoms with Gasteiger partial charge in [-0.3, -0.25) is 4.90 Å². The van der Waals surface area contributed by atoms with Crippen molar-refractivity contribution >= 4 is 0 Å². The summed E-state index contributed by atoms with van der Waals surface area (Å²) in [6.45, 7) is 12.3. The number of nitrogens with zero attached hydrogens (tertiary/aromatic N) is 1. The van der Waals surface area contributed by atoms with Crippen LogP contribution in [0.4, 0.5) is 0 Å². The maximum absolute atomic E-state index is 3.48. The second-order valence-electron chi connectivity index (χ2n) is 5.46. The predicted octanol–water partition coefficient (Wildman–Crippen LogP) is 2.49. The number of nitrogens with one attached hydrogen (secondary N) is 1. The number of aryl methyl sites for hydroxylation is 2. The van der Waals surface area contributed by atoms with Crippen molar-refractivity contribution in [1.82, 2.24) is 10.2 Å². The van der Waals surface area contributed by atoms with Crippen LogP contribution in [0.1, 0.15) is 30.5 Å².